The van der Waals surface area contributed by atoms with E-state index in [2.05, 4.69) is 43.4 Å². The second-order valence-corrected chi connectivity index (χ2v) is 13.9. The molecule has 0 amide bonds. The summed E-state index contributed by atoms with van der Waals surface area (Å²) in [5, 5.41) is 0. The predicted molar refractivity (Wildman–Crippen MR) is 142 cm³/mol. The number of hydrogen-bond acceptors (Lipinski definition) is 3. The van der Waals surface area contributed by atoms with Crippen LogP contribution in [0.1, 0.15) is 118 Å². The van der Waals surface area contributed by atoms with Crippen LogP contribution in [-0.4, -0.2) is 21.8 Å². The third-order valence-corrected chi connectivity index (χ3v) is 12.3. The minimum Gasteiger partial charge on any atom is -0.463 e. The summed E-state index contributed by atoms with van der Waals surface area (Å²) in [7, 11) is 0. The number of ketones is 1. The van der Waals surface area contributed by atoms with Crippen molar-refractivity contribution in [3.05, 3.63) is 0 Å². The van der Waals surface area contributed by atoms with Crippen LogP contribution >= 0.6 is 22.6 Å². The molecule has 0 radical (unpaired) electrons. The lowest BCUT2D eigenvalue weighted by Crippen LogP contribution is -2.61. The molecule has 0 N–H and O–H groups in total. The number of esters is 1. The van der Waals surface area contributed by atoms with Gasteiger partial charge in [0.25, 0.3) is 0 Å². The zero-order valence-electron chi connectivity index (χ0n) is 21.5. The lowest BCUT2D eigenvalue weighted by molar-refractivity contribution is -0.167. The molecule has 4 aliphatic rings. The predicted octanol–water partition coefficient (Wildman–Crippen LogP) is 7.92. The Morgan fingerprint density at radius 1 is 0.970 bits per heavy atom. The van der Waals surface area contributed by atoms with E-state index in [9.17, 15) is 9.59 Å². The normalized spacial score (nSPS) is 44.6. The van der Waals surface area contributed by atoms with E-state index in [4.69, 9.17) is 4.74 Å². The van der Waals surface area contributed by atoms with Crippen LogP contribution in [0, 0.1) is 40.4 Å². The van der Waals surface area contributed by atoms with Gasteiger partial charge in [-0.05, 0) is 85.9 Å². The summed E-state index contributed by atoms with van der Waals surface area (Å²) in [6.45, 7) is 8.81. The summed E-state index contributed by atoms with van der Waals surface area (Å²) in [6.07, 6.45) is 17.7. The Morgan fingerprint density at radius 2 is 1.64 bits per heavy atom. The van der Waals surface area contributed by atoms with Crippen molar-refractivity contribution in [3.63, 3.8) is 0 Å². The highest BCUT2D eigenvalue weighted by molar-refractivity contribution is 14.1. The van der Waals surface area contributed by atoms with E-state index in [1.54, 1.807) is 0 Å². The smallest absolute Gasteiger partial charge is 0.302 e. The van der Waals surface area contributed by atoms with Gasteiger partial charge in [-0.3, -0.25) is 9.59 Å². The highest BCUT2D eigenvalue weighted by Crippen LogP contribution is 2.68. The molecule has 4 heteroatoms. The number of halogens is 1. The topological polar surface area (TPSA) is 43.4 Å². The lowest BCUT2D eigenvalue weighted by Gasteiger charge is -2.61. The highest BCUT2D eigenvalue weighted by atomic mass is 127. The molecule has 0 aromatic carbocycles. The van der Waals surface area contributed by atoms with E-state index in [-0.39, 0.29) is 27.3 Å². The van der Waals surface area contributed by atoms with Gasteiger partial charge in [-0.25, -0.2) is 0 Å². The van der Waals surface area contributed by atoms with Crippen molar-refractivity contribution in [1.29, 1.82) is 0 Å². The van der Waals surface area contributed by atoms with E-state index in [0.29, 0.717) is 23.0 Å². The molecule has 4 saturated carbocycles. The molecule has 3 nitrogen and oxygen atoms in total. The number of carbonyl (C=O) groups excluding carboxylic acids is 2. The van der Waals surface area contributed by atoms with Gasteiger partial charge >= 0.3 is 5.97 Å². The molecule has 4 fully saturated rings. The number of Topliss-reactive ketones (excluding diaryl/α,β-unsaturated/α-hetero) is 1. The van der Waals surface area contributed by atoms with Gasteiger partial charge in [-0.1, -0.05) is 81.9 Å². The van der Waals surface area contributed by atoms with Crippen LogP contribution < -0.4 is 0 Å². The molecule has 188 valence electrons. The van der Waals surface area contributed by atoms with E-state index in [1.807, 2.05) is 0 Å². The van der Waals surface area contributed by atoms with Gasteiger partial charge in [-0.2, -0.15) is 0 Å². The van der Waals surface area contributed by atoms with Gasteiger partial charge < -0.3 is 4.74 Å². The Balaban J connectivity index is 1.45. The summed E-state index contributed by atoms with van der Waals surface area (Å²) < 4.78 is 5.72. The molecule has 0 saturated heterocycles. The molecule has 0 aromatic heterocycles. The average molecular weight is 571 g/mol. The first-order valence-electron chi connectivity index (χ1n) is 14.1. The van der Waals surface area contributed by atoms with Crippen LogP contribution in [0.25, 0.3) is 0 Å². The Bertz CT molecular complexity index is 722. The first kappa shape index (κ1) is 25.9. The van der Waals surface area contributed by atoms with Crippen LogP contribution in [0.2, 0.25) is 0 Å². The largest absolute Gasteiger partial charge is 0.463 e. The Hall–Kier alpha value is -0.130. The summed E-state index contributed by atoms with van der Waals surface area (Å²) >= 11 is 2.53. The first-order chi connectivity index (χ1) is 15.7. The molecule has 0 heterocycles. The SMILES string of the molecule is CCCCCCCCC1CC[C@H]2[C@@H]3C(I)C(=O)[C@H]4C[C@@H](OC(C)=O)CC[C@]4(C)[C@H]3CC[C@]12C. The molecule has 9 atom stereocenters. The zero-order chi connectivity index (χ0) is 23.8. The number of fused-ring (bicyclic) bond motifs is 5. The monoisotopic (exact) mass is 570 g/mol. The second kappa shape index (κ2) is 10.5. The molecule has 4 aliphatic carbocycles. The van der Waals surface area contributed by atoms with Gasteiger partial charge in [0.1, 0.15) is 11.9 Å². The fraction of sp³-hybridized carbons (Fsp3) is 0.931. The van der Waals surface area contributed by atoms with Gasteiger partial charge in [0.05, 0.1) is 3.92 Å². The van der Waals surface area contributed by atoms with Crippen LogP contribution in [0.15, 0.2) is 0 Å². The number of rotatable bonds is 8. The zero-order valence-corrected chi connectivity index (χ0v) is 23.7. The standard InChI is InChI=1S/C29H47IO3/c1-5-6-7-8-9-10-11-20-12-13-22-25-23(15-17-28(20,22)3)29(4)16-14-21(33-19(2)31)18-24(29)27(32)26(25)30/h20-26H,5-18H2,1-4H3/t20?,21-,22-,23-,24+,25-,26?,28+,29+/m0/s1. The van der Waals surface area contributed by atoms with Crippen molar-refractivity contribution in [1.82, 2.24) is 0 Å². The Labute approximate surface area is 216 Å². The molecule has 33 heavy (non-hydrogen) atoms. The number of hydrogen-bond donors (Lipinski definition) is 0. The molecule has 2 unspecified atom stereocenters. The average Bonchev–Trinajstić information content (AvgIpc) is 3.11. The maximum Gasteiger partial charge on any atom is 0.302 e. The molecular weight excluding hydrogens is 523 g/mol. The number of carbonyl (C=O) groups is 2. The van der Waals surface area contributed by atoms with Crippen molar-refractivity contribution in [3.8, 4) is 0 Å². The van der Waals surface area contributed by atoms with Crippen molar-refractivity contribution >= 4 is 34.3 Å². The van der Waals surface area contributed by atoms with Crippen LogP contribution in [0.5, 0.6) is 0 Å². The van der Waals surface area contributed by atoms with E-state index < -0.39 is 0 Å². The first-order valence-corrected chi connectivity index (χ1v) is 15.3. The van der Waals surface area contributed by atoms with Crippen molar-refractivity contribution < 1.29 is 14.3 Å². The number of ether oxygens (including phenoxy) is 1. The van der Waals surface area contributed by atoms with Crippen molar-refractivity contribution in [2.45, 2.75) is 128 Å². The summed E-state index contributed by atoms with van der Waals surface area (Å²) in [6, 6.07) is 0. The number of alkyl halides is 1. The summed E-state index contributed by atoms with van der Waals surface area (Å²) in [4.78, 5) is 25.3. The van der Waals surface area contributed by atoms with Crippen LogP contribution in [0.3, 0.4) is 0 Å². The molecule has 0 aliphatic heterocycles. The molecule has 0 aromatic rings. The lowest BCUT2D eigenvalue weighted by atomic mass is 9.44. The second-order valence-electron chi connectivity index (χ2n) is 12.5. The summed E-state index contributed by atoms with van der Waals surface area (Å²) in [5.74, 6) is 3.13. The van der Waals surface area contributed by atoms with Gasteiger partial charge in [0, 0.05) is 12.8 Å². The quantitative estimate of drug-likeness (QED) is 0.129. The minimum atomic E-state index is -0.202. The van der Waals surface area contributed by atoms with Crippen LogP contribution in [-0.2, 0) is 14.3 Å². The Kier molecular flexibility index (Phi) is 8.23. The van der Waals surface area contributed by atoms with E-state index in [1.165, 1.54) is 77.6 Å². The third kappa shape index (κ3) is 4.81. The van der Waals surface area contributed by atoms with Gasteiger partial charge in [0.2, 0.25) is 0 Å². The van der Waals surface area contributed by atoms with Crippen molar-refractivity contribution in [2.24, 2.45) is 40.4 Å². The molecule has 0 spiro atoms. The Morgan fingerprint density at radius 3 is 2.36 bits per heavy atom. The van der Waals surface area contributed by atoms with E-state index in [0.717, 1.165) is 31.1 Å². The maximum atomic E-state index is 13.8. The number of unbranched alkanes of at least 4 members (excludes halogenated alkanes) is 5. The highest BCUT2D eigenvalue weighted by Gasteiger charge is 2.64. The third-order valence-electron chi connectivity index (χ3n) is 10.9. The van der Waals surface area contributed by atoms with Crippen LogP contribution in [0.4, 0.5) is 0 Å². The fourth-order valence-electron chi connectivity index (χ4n) is 9.03. The van der Waals surface area contributed by atoms with Crippen molar-refractivity contribution in [2.75, 3.05) is 0 Å². The molecule has 0 bridgehead atoms. The fourth-order valence-corrected chi connectivity index (χ4v) is 10.5. The van der Waals surface area contributed by atoms with Gasteiger partial charge in [-0.15, -0.1) is 0 Å². The molecule has 4 rings (SSSR count). The maximum absolute atomic E-state index is 13.8. The van der Waals surface area contributed by atoms with E-state index >= 15 is 0 Å². The molecular formula is C29H47IO3. The van der Waals surface area contributed by atoms with Gasteiger partial charge in [0.15, 0.2) is 0 Å². The summed E-state index contributed by atoms with van der Waals surface area (Å²) in [5.41, 5.74) is 0.533. The minimum absolute atomic E-state index is 0.0632.